The van der Waals surface area contributed by atoms with Gasteiger partial charge in [0.25, 0.3) is 5.91 Å². The molecule has 1 rings (SSSR count). The van der Waals surface area contributed by atoms with Crippen molar-refractivity contribution in [1.82, 2.24) is 4.90 Å². The SMILES string of the molecule is CSc1ccccc1C(=O)N(C)CC(C)(C)CN. The summed E-state index contributed by atoms with van der Waals surface area (Å²) in [5.41, 5.74) is 6.41. The average molecular weight is 266 g/mol. The Morgan fingerprint density at radius 2 is 2.00 bits per heavy atom. The fourth-order valence-corrected chi connectivity index (χ4v) is 2.40. The van der Waals surface area contributed by atoms with E-state index < -0.39 is 0 Å². The molecule has 18 heavy (non-hydrogen) atoms. The van der Waals surface area contributed by atoms with Crippen LogP contribution in [0.3, 0.4) is 0 Å². The molecule has 0 saturated carbocycles. The van der Waals surface area contributed by atoms with Crippen molar-refractivity contribution >= 4 is 17.7 Å². The second-order valence-electron chi connectivity index (χ2n) is 5.23. The molecule has 0 bridgehead atoms. The third-order valence-corrected chi connectivity index (χ3v) is 3.70. The topological polar surface area (TPSA) is 46.3 Å². The smallest absolute Gasteiger partial charge is 0.254 e. The fourth-order valence-electron chi connectivity index (χ4n) is 1.81. The van der Waals surface area contributed by atoms with Crippen molar-refractivity contribution in [3.8, 4) is 0 Å². The second-order valence-corrected chi connectivity index (χ2v) is 6.08. The average Bonchev–Trinajstić information content (AvgIpc) is 2.37. The molecule has 3 nitrogen and oxygen atoms in total. The van der Waals surface area contributed by atoms with E-state index in [1.807, 2.05) is 37.6 Å². The number of rotatable bonds is 5. The van der Waals surface area contributed by atoms with E-state index in [1.165, 1.54) is 0 Å². The minimum absolute atomic E-state index is 0.0568. The lowest BCUT2D eigenvalue weighted by atomic mass is 9.93. The van der Waals surface area contributed by atoms with Gasteiger partial charge in [-0.2, -0.15) is 0 Å². The van der Waals surface area contributed by atoms with Crippen molar-refractivity contribution in [2.75, 3.05) is 26.4 Å². The molecule has 0 radical (unpaired) electrons. The maximum Gasteiger partial charge on any atom is 0.254 e. The molecule has 0 aromatic heterocycles. The Morgan fingerprint density at radius 3 is 2.56 bits per heavy atom. The van der Waals surface area contributed by atoms with E-state index in [2.05, 4.69) is 13.8 Å². The van der Waals surface area contributed by atoms with Crippen molar-refractivity contribution in [2.24, 2.45) is 11.1 Å². The van der Waals surface area contributed by atoms with E-state index in [0.29, 0.717) is 13.1 Å². The highest BCUT2D eigenvalue weighted by Crippen LogP contribution is 2.22. The Hall–Kier alpha value is -1.00. The van der Waals surface area contributed by atoms with Crippen LogP contribution in [0, 0.1) is 5.41 Å². The van der Waals surface area contributed by atoms with Crippen LogP contribution in [0.5, 0.6) is 0 Å². The predicted octanol–water partition coefficient (Wildman–Crippen LogP) is 2.47. The summed E-state index contributed by atoms with van der Waals surface area (Å²) in [7, 11) is 1.83. The maximum atomic E-state index is 12.4. The summed E-state index contributed by atoms with van der Waals surface area (Å²) in [6.45, 7) is 5.36. The normalized spacial score (nSPS) is 11.4. The van der Waals surface area contributed by atoms with E-state index in [0.717, 1.165) is 10.5 Å². The zero-order valence-electron chi connectivity index (χ0n) is 11.6. The number of hydrogen-bond acceptors (Lipinski definition) is 3. The highest BCUT2D eigenvalue weighted by Gasteiger charge is 2.22. The highest BCUT2D eigenvalue weighted by molar-refractivity contribution is 7.98. The van der Waals surface area contributed by atoms with Gasteiger partial charge in [-0.1, -0.05) is 26.0 Å². The van der Waals surface area contributed by atoms with Gasteiger partial charge in [0, 0.05) is 18.5 Å². The largest absolute Gasteiger partial charge is 0.341 e. The van der Waals surface area contributed by atoms with Gasteiger partial charge in [-0.25, -0.2) is 0 Å². The van der Waals surface area contributed by atoms with Gasteiger partial charge in [-0.05, 0) is 30.3 Å². The van der Waals surface area contributed by atoms with Crippen molar-refractivity contribution < 1.29 is 4.79 Å². The first-order valence-corrected chi connectivity index (χ1v) is 7.22. The summed E-state index contributed by atoms with van der Waals surface area (Å²) in [5, 5.41) is 0. The molecule has 1 amide bonds. The number of amides is 1. The van der Waals surface area contributed by atoms with E-state index >= 15 is 0 Å². The lowest BCUT2D eigenvalue weighted by Crippen LogP contribution is -2.39. The zero-order chi connectivity index (χ0) is 13.8. The van der Waals surface area contributed by atoms with Crippen molar-refractivity contribution in [3.05, 3.63) is 29.8 Å². The van der Waals surface area contributed by atoms with Crippen LogP contribution in [0.25, 0.3) is 0 Å². The van der Waals surface area contributed by atoms with Crippen LogP contribution in [0.2, 0.25) is 0 Å². The number of thioether (sulfide) groups is 1. The standard InChI is InChI=1S/C14H22N2OS/c1-14(2,9-15)10-16(3)13(17)11-7-5-6-8-12(11)18-4/h5-8H,9-10,15H2,1-4H3. The van der Waals surface area contributed by atoms with Crippen molar-refractivity contribution in [1.29, 1.82) is 0 Å². The Labute approximate surface area is 114 Å². The molecule has 0 unspecified atom stereocenters. The van der Waals surface area contributed by atoms with Crippen LogP contribution < -0.4 is 5.73 Å². The highest BCUT2D eigenvalue weighted by atomic mass is 32.2. The number of benzene rings is 1. The molecule has 0 atom stereocenters. The first-order chi connectivity index (χ1) is 8.41. The molecule has 0 aliphatic rings. The number of carbonyl (C=O) groups is 1. The number of carbonyl (C=O) groups excluding carboxylic acids is 1. The lowest BCUT2D eigenvalue weighted by Gasteiger charge is -2.29. The molecule has 2 N–H and O–H groups in total. The Kier molecular flexibility index (Phi) is 5.23. The van der Waals surface area contributed by atoms with Crippen LogP contribution in [0.15, 0.2) is 29.2 Å². The maximum absolute atomic E-state index is 12.4. The molecular weight excluding hydrogens is 244 g/mol. The van der Waals surface area contributed by atoms with E-state index in [1.54, 1.807) is 16.7 Å². The first kappa shape index (κ1) is 15.1. The van der Waals surface area contributed by atoms with Crippen LogP contribution in [-0.2, 0) is 0 Å². The van der Waals surface area contributed by atoms with E-state index in [4.69, 9.17) is 5.73 Å². The van der Waals surface area contributed by atoms with E-state index in [-0.39, 0.29) is 11.3 Å². The summed E-state index contributed by atoms with van der Waals surface area (Å²) in [5.74, 6) is 0.0569. The number of nitrogens with zero attached hydrogens (tertiary/aromatic N) is 1. The molecule has 100 valence electrons. The zero-order valence-corrected chi connectivity index (χ0v) is 12.4. The van der Waals surface area contributed by atoms with Crippen LogP contribution in [0.1, 0.15) is 24.2 Å². The molecular formula is C14H22N2OS. The summed E-state index contributed by atoms with van der Waals surface area (Å²) in [6, 6.07) is 7.70. The van der Waals surface area contributed by atoms with Crippen molar-refractivity contribution in [3.63, 3.8) is 0 Å². The Bertz CT molecular complexity index is 418. The van der Waals surface area contributed by atoms with Crippen molar-refractivity contribution in [2.45, 2.75) is 18.7 Å². The Morgan fingerprint density at radius 1 is 1.39 bits per heavy atom. The van der Waals surface area contributed by atoms with Gasteiger partial charge in [0.05, 0.1) is 5.56 Å². The van der Waals surface area contributed by atoms with Gasteiger partial charge in [0.1, 0.15) is 0 Å². The number of hydrogen-bond donors (Lipinski definition) is 1. The molecule has 0 aliphatic heterocycles. The molecule has 0 aliphatic carbocycles. The molecule has 0 spiro atoms. The molecule has 0 heterocycles. The summed E-state index contributed by atoms with van der Waals surface area (Å²) >= 11 is 1.59. The lowest BCUT2D eigenvalue weighted by molar-refractivity contribution is 0.0737. The van der Waals surface area contributed by atoms with Gasteiger partial charge in [0.15, 0.2) is 0 Å². The van der Waals surface area contributed by atoms with Crippen LogP contribution >= 0.6 is 11.8 Å². The third kappa shape index (κ3) is 3.75. The van der Waals surface area contributed by atoms with E-state index in [9.17, 15) is 4.79 Å². The summed E-state index contributed by atoms with van der Waals surface area (Å²) < 4.78 is 0. The van der Waals surface area contributed by atoms with Gasteiger partial charge >= 0.3 is 0 Å². The molecule has 1 aromatic carbocycles. The Balaban J connectivity index is 2.87. The minimum atomic E-state index is -0.0568. The first-order valence-electron chi connectivity index (χ1n) is 6.00. The fraction of sp³-hybridized carbons (Fsp3) is 0.500. The van der Waals surface area contributed by atoms with Gasteiger partial charge < -0.3 is 10.6 Å². The molecule has 0 saturated heterocycles. The van der Waals surface area contributed by atoms with Crippen LogP contribution in [-0.4, -0.2) is 37.2 Å². The third-order valence-electron chi connectivity index (χ3n) is 2.90. The minimum Gasteiger partial charge on any atom is -0.341 e. The quantitative estimate of drug-likeness (QED) is 0.833. The molecule has 4 heteroatoms. The van der Waals surface area contributed by atoms with Gasteiger partial charge in [0.2, 0.25) is 0 Å². The summed E-state index contributed by atoms with van der Waals surface area (Å²) in [6.07, 6.45) is 1.98. The monoisotopic (exact) mass is 266 g/mol. The molecule has 1 aromatic rings. The summed E-state index contributed by atoms with van der Waals surface area (Å²) in [4.78, 5) is 15.2. The van der Waals surface area contributed by atoms with Crippen LogP contribution in [0.4, 0.5) is 0 Å². The van der Waals surface area contributed by atoms with Gasteiger partial charge in [-0.3, -0.25) is 4.79 Å². The predicted molar refractivity (Wildman–Crippen MR) is 78.0 cm³/mol. The molecule has 0 fully saturated rings. The number of nitrogens with two attached hydrogens (primary N) is 1. The van der Waals surface area contributed by atoms with Gasteiger partial charge in [-0.15, -0.1) is 11.8 Å². The second kappa shape index (κ2) is 6.25.